The molecule has 0 bridgehead atoms. The molecule has 0 fully saturated rings. The molecule has 0 aliphatic rings. The van der Waals surface area contributed by atoms with Gasteiger partial charge >= 0.3 is 5.97 Å². The van der Waals surface area contributed by atoms with E-state index in [0.29, 0.717) is 30.8 Å². The number of amides is 3. The lowest BCUT2D eigenvalue weighted by Gasteiger charge is -2.05. The summed E-state index contributed by atoms with van der Waals surface area (Å²) in [5.74, 6) is 0.905. The predicted octanol–water partition coefficient (Wildman–Crippen LogP) is 7.05. The maximum Gasteiger partial charge on any atom is 0.303 e. The highest BCUT2D eigenvalue weighted by molar-refractivity contribution is 7.98. The normalized spacial score (nSPS) is 9.24. The van der Waals surface area contributed by atoms with Crippen LogP contribution in [0.1, 0.15) is 77.0 Å². The summed E-state index contributed by atoms with van der Waals surface area (Å²) in [5.41, 5.74) is 0.969. The summed E-state index contributed by atoms with van der Waals surface area (Å²) < 4.78 is 4.21. The van der Waals surface area contributed by atoms with Gasteiger partial charge in [0.1, 0.15) is 0 Å². The molecule has 1 aromatic carbocycles. The summed E-state index contributed by atoms with van der Waals surface area (Å²) >= 11 is 7.66. The van der Waals surface area contributed by atoms with Crippen molar-refractivity contribution >= 4 is 70.5 Å². The van der Waals surface area contributed by atoms with E-state index in [4.69, 9.17) is 22.6 Å². The maximum absolute atomic E-state index is 11.0. The number of aliphatic carboxylic acids is 1. The number of anilines is 1. The average Bonchev–Trinajstić information content (AvgIpc) is 3.08. The summed E-state index contributed by atoms with van der Waals surface area (Å²) in [6.07, 6.45) is 16.6. The van der Waals surface area contributed by atoms with Gasteiger partial charge in [-0.25, -0.2) is 5.26 Å². The Balaban J connectivity index is -0.000000598. The molecule has 7 N–H and O–H groups in total. The third kappa shape index (κ3) is 44.3. The van der Waals surface area contributed by atoms with Gasteiger partial charge < -0.3 is 31.7 Å². The van der Waals surface area contributed by atoms with Crippen LogP contribution in [0.4, 0.5) is 5.69 Å². The minimum Gasteiger partial charge on any atom is -0.481 e. The van der Waals surface area contributed by atoms with Crippen molar-refractivity contribution in [3.8, 4) is 0 Å². The van der Waals surface area contributed by atoms with Crippen molar-refractivity contribution in [1.29, 1.82) is 0 Å². The Morgan fingerprint density at radius 3 is 1.60 bits per heavy atom. The first-order valence-electron chi connectivity index (χ1n) is 15.9. The summed E-state index contributed by atoms with van der Waals surface area (Å²) in [6, 6.07) is 9.72. The summed E-state index contributed by atoms with van der Waals surface area (Å²) in [5, 5.41) is 33.4. The second-order valence-corrected chi connectivity index (χ2v) is 11.8. The monoisotopic (exact) mass is 757 g/mol. The number of hydrogen-bond donors (Lipinski definition) is 7. The van der Waals surface area contributed by atoms with Crippen molar-refractivity contribution in [2.75, 3.05) is 23.1 Å². The summed E-state index contributed by atoms with van der Waals surface area (Å²) in [6.45, 7) is 13.7. The van der Waals surface area contributed by atoms with E-state index in [2.05, 4.69) is 62.3 Å². The van der Waals surface area contributed by atoms with Crippen LogP contribution in [0, 0.1) is 0 Å². The lowest BCUT2D eigenvalue weighted by molar-refractivity contribution is -0.432. The van der Waals surface area contributed by atoms with Gasteiger partial charge in [-0.1, -0.05) is 75.2 Å². The van der Waals surface area contributed by atoms with E-state index in [-0.39, 0.29) is 24.1 Å². The fraction of sp³-hybridized carbons (Fsp3) is 0.441. The predicted molar refractivity (Wildman–Crippen MR) is 210 cm³/mol. The second kappa shape index (κ2) is 41.5. The van der Waals surface area contributed by atoms with Gasteiger partial charge in [-0.05, 0) is 81.1 Å². The Kier molecular flexibility index (Phi) is 42.1. The van der Waals surface area contributed by atoms with E-state index in [1.807, 2.05) is 36.6 Å². The van der Waals surface area contributed by atoms with Crippen LogP contribution in [0.3, 0.4) is 0 Å². The van der Waals surface area contributed by atoms with Gasteiger partial charge in [0.2, 0.25) is 17.7 Å². The molecule has 13 nitrogen and oxygen atoms in total. The number of thioether (sulfide) groups is 1. The Morgan fingerprint density at radius 2 is 1.16 bits per heavy atom. The number of benzene rings is 1. The van der Waals surface area contributed by atoms with Crippen molar-refractivity contribution in [2.45, 2.75) is 77.0 Å². The minimum absolute atomic E-state index is 0.0105. The summed E-state index contributed by atoms with van der Waals surface area (Å²) in [7, 11) is 0. The average molecular weight is 758 g/mol. The highest BCUT2D eigenvalue weighted by Crippen LogP contribution is 2.10. The number of carboxylic acids is 1. The number of rotatable bonds is 24. The number of nitrogens with one attached hydrogen (secondary N) is 5. The van der Waals surface area contributed by atoms with Gasteiger partial charge in [-0.3, -0.25) is 19.2 Å². The quantitative estimate of drug-likeness (QED) is 0.0187. The largest absolute Gasteiger partial charge is 0.481 e. The molecular formula is C34H55N5O8S3. The van der Waals surface area contributed by atoms with E-state index in [9.17, 15) is 19.2 Å². The molecule has 0 aliphatic heterocycles. The molecule has 3 amide bonds. The fourth-order valence-corrected chi connectivity index (χ4v) is 4.33. The molecule has 0 aromatic heterocycles. The maximum atomic E-state index is 11.0. The van der Waals surface area contributed by atoms with Gasteiger partial charge in [-0.2, -0.15) is 11.8 Å². The molecule has 50 heavy (non-hydrogen) atoms. The number of hydrogen-bond acceptors (Lipinski definition) is 10. The van der Waals surface area contributed by atoms with Crippen LogP contribution in [-0.2, 0) is 28.6 Å². The van der Waals surface area contributed by atoms with Crippen LogP contribution in [0.25, 0.3) is 0 Å². The van der Waals surface area contributed by atoms with E-state index < -0.39 is 5.97 Å². The molecule has 1 rings (SSSR count). The first-order chi connectivity index (χ1) is 24.1. The topological polar surface area (TPSA) is 187 Å². The van der Waals surface area contributed by atoms with Crippen molar-refractivity contribution < 1.29 is 38.9 Å². The number of carbonyl (C=O) groups is 4. The minimum atomic E-state index is -0.755. The molecule has 282 valence electrons. The van der Waals surface area contributed by atoms with E-state index in [1.165, 1.54) is 24.8 Å². The van der Waals surface area contributed by atoms with Crippen molar-refractivity contribution in [1.82, 2.24) is 21.3 Å². The molecule has 16 heteroatoms. The zero-order valence-electron chi connectivity index (χ0n) is 29.0. The molecule has 1 aromatic rings. The van der Waals surface area contributed by atoms with E-state index >= 15 is 0 Å². The van der Waals surface area contributed by atoms with E-state index in [0.717, 1.165) is 74.2 Å². The van der Waals surface area contributed by atoms with Gasteiger partial charge in [0.25, 0.3) is 0 Å². The number of carbonyl (C=O) groups excluding carboxylic acids is 3. The van der Waals surface area contributed by atoms with Gasteiger partial charge in [0.15, 0.2) is 5.11 Å². The highest BCUT2D eigenvalue weighted by Gasteiger charge is 2.00. The molecule has 0 saturated heterocycles. The SMILES string of the molecule is C=CNC(=O)CCCCCCC(=O)O.C=CNC(=O)CCCCCCSOOO.C=CNC(=O)CCSC.C=CNC(=S)Nc1ccccc1. The Morgan fingerprint density at radius 1 is 0.700 bits per heavy atom. The molecule has 0 radical (unpaired) electrons. The van der Waals surface area contributed by atoms with E-state index in [1.54, 1.807) is 11.8 Å². The van der Waals surface area contributed by atoms with Crippen LogP contribution in [0.5, 0.6) is 0 Å². The molecule has 0 atom stereocenters. The lowest BCUT2D eigenvalue weighted by Crippen LogP contribution is -2.22. The van der Waals surface area contributed by atoms with Gasteiger partial charge in [-0.15, -0.1) is 4.33 Å². The van der Waals surface area contributed by atoms with Gasteiger partial charge in [0, 0.05) is 54.9 Å². The van der Waals surface area contributed by atoms with Crippen LogP contribution in [0.15, 0.2) is 81.4 Å². The van der Waals surface area contributed by atoms with Gasteiger partial charge in [0.05, 0.1) is 0 Å². The van der Waals surface area contributed by atoms with Crippen LogP contribution in [-0.4, -0.2) is 56.9 Å². The zero-order chi connectivity index (χ0) is 38.1. The molecule has 0 aliphatic carbocycles. The molecule has 0 saturated carbocycles. The third-order valence-corrected chi connectivity index (χ3v) is 7.04. The number of para-hydroxylation sites is 1. The van der Waals surface area contributed by atoms with Crippen molar-refractivity contribution in [3.63, 3.8) is 0 Å². The number of thiocarbonyl (C=S) groups is 1. The molecule has 0 spiro atoms. The van der Waals surface area contributed by atoms with Crippen LogP contribution >= 0.6 is 36.0 Å². The molecule has 0 unspecified atom stereocenters. The Bertz CT molecular complexity index is 1080. The fourth-order valence-electron chi connectivity index (χ4n) is 3.31. The highest BCUT2D eigenvalue weighted by atomic mass is 32.2. The zero-order valence-corrected chi connectivity index (χ0v) is 31.4. The number of carboxylic acid groups (broad SMARTS) is 1. The Labute approximate surface area is 311 Å². The van der Waals surface area contributed by atoms with Crippen LogP contribution < -0.4 is 26.6 Å². The number of unbranched alkanes of at least 4 members (excludes halogenated alkanes) is 6. The molecular weight excluding hydrogens is 703 g/mol. The van der Waals surface area contributed by atoms with Crippen LogP contribution in [0.2, 0.25) is 0 Å². The molecule has 0 heterocycles. The first-order valence-corrected chi connectivity index (χ1v) is 18.6. The standard InChI is InChI=1S/C10H17NO3.C9H10N2S.C9H17NO4S.C6H11NOS/c1-2-11-9(12)7-5-3-4-6-8-10(13)14;1-2-10-9(12)11-8-6-4-3-5-7-8;1-2-10-9(11)7-5-3-4-6-8-15-14-13-12;1-3-7-6(8)4-5-9-2/h2H,1,3-8H2,(H,11,12)(H,13,14);2-7H,1H2,(H2,10,11,12);2,12H,1,3-8H2,(H,10,11);3H,1,4-5H2,2H3,(H,7,8). The second-order valence-electron chi connectivity index (χ2n) is 9.66. The van der Waals surface area contributed by atoms with Crippen molar-refractivity contribution in [2.24, 2.45) is 0 Å². The lowest BCUT2D eigenvalue weighted by atomic mass is 10.1. The van der Waals surface area contributed by atoms with Crippen molar-refractivity contribution in [3.05, 3.63) is 81.4 Å². The third-order valence-electron chi connectivity index (χ3n) is 5.59. The first kappa shape index (κ1) is 50.7. The summed E-state index contributed by atoms with van der Waals surface area (Å²) in [4.78, 5) is 42.6. The Hall–Kier alpha value is -3.67. The smallest absolute Gasteiger partial charge is 0.303 e.